The van der Waals surface area contributed by atoms with Crippen LogP contribution < -0.4 is 0 Å². The van der Waals surface area contributed by atoms with Gasteiger partial charge in [-0.1, -0.05) is 0 Å². The van der Waals surface area contributed by atoms with Crippen LogP contribution in [-0.4, -0.2) is 11.2 Å². The zero-order valence-electron chi connectivity index (χ0n) is 9.73. The van der Waals surface area contributed by atoms with Crippen LogP contribution in [0.25, 0.3) is 0 Å². The Morgan fingerprint density at radius 1 is 0.846 bits per heavy atom. The predicted molar refractivity (Wildman–Crippen MR) is 50.9 cm³/mol. The molecular formula is C10H22O2Zr. The van der Waals surface area contributed by atoms with Crippen LogP contribution in [0, 0.1) is 0 Å². The van der Waals surface area contributed by atoms with Gasteiger partial charge in [-0.05, 0) is 0 Å². The summed E-state index contributed by atoms with van der Waals surface area (Å²) in [5.74, 6) is 0. The average molecular weight is 266 g/mol. The maximum absolute atomic E-state index is 5.76. The molecule has 13 heavy (non-hydrogen) atoms. The number of rotatable bonds is 6. The van der Waals surface area contributed by atoms with Gasteiger partial charge in [-0.15, -0.1) is 0 Å². The van der Waals surface area contributed by atoms with E-state index in [1.165, 1.54) is 0 Å². The summed E-state index contributed by atoms with van der Waals surface area (Å²) in [5, 5.41) is 0. The zero-order valence-corrected chi connectivity index (χ0v) is 12.2. The minimum atomic E-state index is -1.09. The molecule has 0 aromatic carbocycles. The molecule has 0 aliphatic rings. The molecule has 78 valence electrons. The summed E-state index contributed by atoms with van der Waals surface area (Å²) in [7, 11) is 0. The van der Waals surface area contributed by atoms with Crippen molar-refractivity contribution in [3.05, 3.63) is 0 Å². The van der Waals surface area contributed by atoms with Crippen LogP contribution in [0.5, 0.6) is 0 Å². The monoisotopic (exact) mass is 264 g/mol. The van der Waals surface area contributed by atoms with E-state index in [0.29, 0.717) is 0 Å². The van der Waals surface area contributed by atoms with E-state index in [2.05, 4.69) is 41.5 Å². The third kappa shape index (κ3) is 6.82. The normalized spacial score (nSPS) is 13.1. The van der Waals surface area contributed by atoms with Gasteiger partial charge in [0.05, 0.1) is 0 Å². The number of hydrogen-bond acceptors (Lipinski definition) is 2. The van der Waals surface area contributed by atoms with Crippen molar-refractivity contribution in [1.29, 1.82) is 0 Å². The fraction of sp³-hybridized carbons (Fsp3) is 1.00. The molecule has 0 amide bonds. The van der Waals surface area contributed by atoms with Gasteiger partial charge in [-0.25, -0.2) is 0 Å². The SMILES string of the molecule is CCC(C)(C)[O][Zr][O]C(C)(C)CC. The van der Waals surface area contributed by atoms with E-state index in [4.69, 9.17) is 5.63 Å². The summed E-state index contributed by atoms with van der Waals surface area (Å²) in [6.45, 7) is 12.8. The standard InChI is InChI=1S/2C5H11O.Zr/c2*1-4-5(2,3)6;/h2*4H2,1-3H3;/q2*-1;+2. The van der Waals surface area contributed by atoms with Crippen molar-refractivity contribution in [3.8, 4) is 0 Å². The van der Waals surface area contributed by atoms with Crippen LogP contribution in [0.4, 0.5) is 0 Å². The second-order valence-electron chi connectivity index (χ2n) is 4.51. The Kier molecular flexibility index (Phi) is 5.98. The number of hydrogen-bond donors (Lipinski definition) is 0. The maximum atomic E-state index is 5.76. The van der Waals surface area contributed by atoms with E-state index in [1.54, 1.807) is 0 Å². The molecule has 2 nitrogen and oxygen atoms in total. The molecule has 0 saturated heterocycles. The first-order valence-electron chi connectivity index (χ1n) is 4.94. The van der Waals surface area contributed by atoms with Gasteiger partial charge in [-0.2, -0.15) is 0 Å². The summed E-state index contributed by atoms with van der Waals surface area (Å²) in [6, 6.07) is 0. The Labute approximate surface area is 95.2 Å². The first-order valence-corrected chi connectivity index (χ1v) is 6.94. The van der Waals surface area contributed by atoms with Crippen molar-refractivity contribution in [3.63, 3.8) is 0 Å². The van der Waals surface area contributed by atoms with Crippen molar-refractivity contribution < 1.29 is 29.7 Å². The molecule has 0 heterocycles. The van der Waals surface area contributed by atoms with Gasteiger partial charge in [0.25, 0.3) is 0 Å². The fourth-order valence-electron chi connectivity index (χ4n) is 0.391. The van der Waals surface area contributed by atoms with E-state index in [0.717, 1.165) is 12.8 Å². The van der Waals surface area contributed by atoms with E-state index in [9.17, 15) is 0 Å². The molecule has 0 rings (SSSR count). The van der Waals surface area contributed by atoms with Crippen molar-refractivity contribution in [2.24, 2.45) is 0 Å². The van der Waals surface area contributed by atoms with Crippen LogP contribution in [-0.2, 0) is 29.7 Å². The molecule has 0 saturated carbocycles. The molecule has 0 bridgehead atoms. The van der Waals surface area contributed by atoms with Crippen LogP contribution in [0.2, 0.25) is 0 Å². The van der Waals surface area contributed by atoms with Gasteiger partial charge >= 0.3 is 95.3 Å². The third-order valence-corrected chi connectivity index (χ3v) is 5.47. The summed E-state index contributed by atoms with van der Waals surface area (Å²) < 4.78 is 11.5. The van der Waals surface area contributed by atoms with Gasteiger partial charge in [0, 0.05) is 0 Å². The van der Waals surface area contributed by atoms with Gasteiger partial charge in [0.15, 0.2) is 0 Å². The van der Waals surface area contributed by atoms with Gasteiger partial charge in [0.2, 0.25) is 0 Å². The summed E-state index contributed by atoms with van der Waals surface area (Å²) in [6.07, 6.45) is 2.09. The molecule has 0 fully saturated rings. The Bertz CT molecular complexity index is 128. The molecule has 0 radical (unpaired) electrons. The zero-order chi connectivity index (χ0) is 10.5. The van der Waals surface area contributed by atoms with Crippen molar-refractivity contribution in [2.45, 2.75) is 65.6 Å². The molecule has 3 heteroatoms. The third-order valence-electron chi connectivity index (χ3n) is 2.34. The predicted octanol–water partition coefficient (Wildman–Crippen LogP) is 3.31. The molecule has 0 aromatic rings. The summed E-state index contributed by atoms with van der Waals surface area (Å²) in [5.41, 5.74) is 0.0198. The van der Waals surface area contributed by atoms with Crippen LogP contribution in [0.15, 0.2) is 0 Å². The first-order chi connectivity index (χ1) is 5.83. The minimum absolute atomic E-state index is 0.00990. The van der Waals surface area contributed by atoms with E-state index in [-0.39, 0.29) is 11.2 Å². The molecule has 0 unspecified atom stereocenters. The van der Waals surface area contributed by atoms with Crippen molar-refractivity contribution in [1.82, 2.24) is 0 Å². The second-order valence-corrected chi connectivity index (χ2v) is 5.93. The summed E-state index contributed by atoms with van der Waals surface area (Å²) >= 11 is -1.09. The van der Waals surface area contributed by atoms with Crippen molar-refractivity contribution >= 4 is 0 Å². The fourth-order valence-corrected chi connectivity index (χ4v) is 2.31. The van der Waals surface area contributed by atoms with E-state index < -0.39 is 24.1 Å². The Balaban J connectivity index is 3.68. The van der Waals surface area contributed by atoms with Crippen LogP contribution in [0.1, 0.15) is 54.4 Å². The topological polar surface area (TPSA) is 18.5 Å². The van der Waals surface area contributed by atoms with Crippen LogP contribution >= 0.6 is 0 Å². The van der Waals surface area contributed by atoms with E-state index >= 15 is 0 Å². The van der Waals surface area contributed by atoms with Gasteiger partial charge < -0.3 is 0 Å². The Morgan fingerprint density at radius 3 is 1.38 bits per heavy atom. The summed E-state index contributed by atoms with van der Waals surface area (Å²) in [4.78, 5) is 0. The Morgan fingerprint density at radius 2 is 1.15 bits per heavy atom. The molecule has 0 aliphatic heterocycles. The molecular weight excluding hydrogens is 243 g/mol. The Hall–Kier alpha value is 0.803. The quantitative estimate of drug-likeness (QED) is 0.733. The van der Waals surface area contributed by atoms with E-state index in [1.807, 2.05) is 0 Å². The molecule has 0 aliphatic carbocycles. The first kappa shape index (κ1) is 13.8. The van der Waals surface area contributed by atoms with Gasteiger partial charge in [-0.3, -0.25) is 0 Å². The van der Waals surface area contributed by atoms with Crippen LogP contribution in [0.3, 0.4) is 0 Å². The molecule has 0 aromatic heterocycles. The average Bonchev–Trinajstić information content (AvgIpc) is 2.04. The molecule has 0 atom stereocenters. The van der Waals surface area contributed by atoms with Gasteiger partial charge in [0.1, 0.15) is 0 Å². The molecule has 0 N–H and O–H groups in total. The molecule has 0 spiro atoms. The second kappa shape index (κ2) is 5.63. The van der Waals surface area contributed by atoms with Crippen molar-refractivity contribution in [2.75, 3.05) is 0 Å².